The molecule has 1 aliphatic heterocycles. The molecule has 0 fully saturated rings. The summed E-state index contributed by atoms with van der Waals surface area (Å²) in [5.74, 6) is 1.91. The lowest BCUT2D eigenvalue weighted by Crippen LogP contribution is -2.42. The molecule has 1 N–H and O–H groups in total. The van der Waals surface area contributed by atoms with Crippen molar-refractivity contribution in [3.63, 3.8) is 0 Å². The van der Waals surface area contributed by atoms with Crippen LogP contribution in [-0.4, -0.2) is 41.7 Å². The number of nitrogens with one attached hydrogen (secondary N) is 1. The van der Waals surface area contributed by atoms with Gasteiger partial charge >= 0.3 is 0 Å². The molecule has 23 heavy (non-hydrogen) atoms. The number of sulfonamides is 1. The third-order valence-electron chi connectivity index (χ3n) is 4.09. The Hall–Kier alpha value is -1.64. The van der Waals surface area contributed by atoms with Gasteiger partial charge in [0.1, 0.15) is 11.5 Å². The van der Waals surface area contributed by atoms with Gasteiger partial charge < -0.3 is 8.98 Å². The molecule has 1 unspecified atom stereocenters. The Kier molecular flexibility index (Phi) is 4.56. The van der Waals surface area contributed by atoms with Crippen molar-refractivity contribution in [1.29, 1.82) is 0 Å². The second-order valence-electron chi connectivity index (χ2n) is 5.88. The van der Waals surface area contributed by atoms with Gasteiger partial charge in [0.05, 0.1) is 30.4 Å². The summed E-state index contributed by atoms with van der Waals surface area (Å²) >= 11 is 0. The monoisotopic (exact) mass is 338 g/mol. The van der Waals surface area contributed by atoms with Gasteiger partial charge in [0, 0.05) is 25.8 Å². The average Bonchev–Trinajstić information content (AvgIpc) is 3.14. The fourth-order valence-electron chi connectivity index (χ4n) is 2.86. The molecule has 0 aliphatic carbocycles. The Labute approximate surface area is 136 Å². The SMILES string of the molecule is CCS(=O)(=O)NCC1CN(Cc2ccc(C)o2)Cc2cncn21. The molecule has 0 bridgehead atoms. The number of imidazole rings is 1. The third-order valence-corrected chi connectivity index (χ3v) is 5.46. The summed E-state index contributed by atoms with van der Waals surface area (Å²) < 4.78 is 33.8. The summed E-state index contributed by atoms with van der Waals surface area (Å²) in [5, 5.41) is 0. The van der Waals surface area contributed by atoms with Crippen molar-refractivity contribution >= 4 is 10.0 Å². The van der Waals surface area contributed by atoms with Gasteiger partial charge in [-0.3, -0.25) is 4.90 Å². The zero-order valence-electron chi connectivity index (χ0n) is 13.4. The topological polar surface area (TPSA) is 80.4 Å². The van der Waals surface area contributed by atoms with E-state index in [0.717, 1.165) is 30.3 Å². The fourth-order valence-corrected chi connectivity index (χ4v) is 3.51. The maximum Gasteiger partial charge on any atom is 0.211 e. The first kappa shape index (κ1) is 16.2. The summed E-state index contributed by atoms with van der Waals surface area (Å²) in [6.45, 7) is 6.16. The van der Waals surface area contributed by atoms with Crippen LogP contribution in [0.1, 0.15) is 30.2 Å². The molecule has 126 valence electrons. The Morgan fingerprint density at radius 1 is 1.43 bits per heavy atom. The first-order valence-corrected chi connectivity index (χ1v) is 9.38. The van der Waals surface area contributed by atoms with Crippen molar-refractivity contribution in [3.8, 4) is 0 Å². The van der Waals surface area contributed by atoms with E-state index in [9.17, 15) is 8.42 Å². The van der Waals surface area contributed by atoms with E-state index in [-0.39, 0.29) is 11.8 Å². The number of hydrogen-bond donors (Lipinski definition) is 1. The van der Waals surface area contributed by atoms with E-state index < -0.39 is 10.0 Å². The van der Waals surface area contributed by atoms with Crippen LogP contribution in [0.2, 0.25) is 0 Å². The molecule has 3 rings (SSSR count). The van der Waals surface area contributed by atoms with Crippen molar-refractivity contribution in [2.75, 3.05) is 18.8 Å². The lowest BCUT2D eigenvalue weighted by Gasteiger charge is -2.34. The van der Waals surface area contributed by atoms with Crippen LogP contribution >= 0.6 is 0 Å². The van der Waals surface area contributed by atoms with Crippen LogP contribution in [0.3, 0.4) is 0 Å². The Bertz CT molecular complexity index is 765. The zero-order chi connectivity index (χ0) is 16.4. The van der Waals surface area contributed by atoms with Gasteiger partial charge in [-0.2, -0.15) is 0 Å². The molecule has 8 heteroatoms. The highest BCUT2D eigenvalue weighted by Gasteiger charge is 2.26. The Morgan fingerprint density at radius 3 is 2.96 bits per heavy atom. The van der Waals surface area contributed by atoms with Crippen LogP contribution in [0, 0.1) is 6.92 Å². The van der Waals surface area contributed by atoms with Gasteiger partial charge in [-0.05, 0) is 26.0 Å². The quantitative estimate of drug-likeness (QED) is 0.858. The molecule has 7 nitrogen and oxygen atoms in total. The van der Waals surface area contributed by atoms with Crippen LogP contribution in [-0.2, 0) is 23.1 Å². The van der Waals surface area contributed by atoms with Crippen molar-refractivity contribution in [2.24, 2.45) is 0 Å². The molecule has 0 spiro atoms. The van der Waals surface area contributed by atoms with E-state index in [2.05, 4.69) is 19.2 Å². The van der Waals surface area contributed by atoms with E-state index in [4.69, 9.17) is 4.42 Å². The first-order chi connectivity index (χ1) is 11.0. The normalized spacial score (nSPS) is 19.0. The largest absolute Gasteiger partial charge is 0.465 e. The predicted molar refractivity (Wildman–Crippen MR) is 86.3 cm³/mol. The van der Waals surface area contributed by atoms with Crippen LogP contribution in [0.4, 0.5) is 0 Å². The molecular weight excluding hydrogens is 316 g/mol. The minimum Gasteiger partial charge on any atom is -0.465 e. The first-order valence-electron chi connectivity index (χ1n) is 7.72. The highest BCUT2D eigenvalue weighted by Crippen LogP contribution is 2.22. The van der Waals surface area contributed by atoms with E-state index in [1.165, 1.54) is 0 Å². The van der Waals surface area contributed by atoms with Gasteiger partial charge in [0.25, 0.3) is 0 Å². The summed E-state index contributed by atoms with van der Waals surface area (Å²) in [6.07, 6.45) is 3.61. The molecule has 3 heterocycles. The van der Waals surface area contributed by atoms with Crippen LogP contribution in [0.5, 0.6) is 0 Å². The smallest absolute Gasteiger partial charge is 0.211 e. The molecule has 0 saturated carbocycles. The summed E-state index contributed by atoms with van der Waals surface area (Å²) in [6, 6.07) is 3.96. The molecule has 2 aromatic heterocycles. The molecule has 1 atom stereocenters. The molecular formula is C15H22N4O3S. The molecule has 0 radical (unpaired) electrons. The van der Waals surface area contributed by atoms with Crippen molar-refractivity contribution in [1.82, 2.24) is 19.2 Å². The molecule has 2 aromatic rings. The molecule has 0 amide bonds. The van der Waals surface area contributed by atoms with Crippen LogP contribution in [0.25, 0.3) is 0 Å². The van der Waals surface area contributed by atoms with Crippen LogP contribution < -0.4 is 4.72 Å². The Balaban J connectivity index is 1.72. The fraction of sp³-hybridized carbons (Fsp3) is 0.533. The van der Waals surface area contributed by atoms with Gasteiger partial charge in [-0.1, -0.05) is 0 Å². The second-order valence-corrected chi connectivity index (χ2v) is 7.98. The number of fused-ring (bicyclic) bond motifs is 1. The highest BCUT2D eigenvalue weighted by atomic mass is 32.2. The highest BCUT2D eigenvalue weighted by molar-refractivity contribution is 7.89. The lowest BCUT2D eigenvalue weighted by molar-refractivity contribution is 0.165. The van der Waals surface area contributed by atoms with Crippen molar-refractivity contribution in [2.45, 2.75) is 33.0 Å². The van der Waals surface area contributed by atoms with Gasteiger partial charge in [0.2, 0.25) is 10.0 Å². The lowest BCUT2D eigenvalue weighted by atomic mass is 10.2. The van der Waals surface area contributed by atoms with Crippen molar-refractivity contribution in [3.05, 3.63) is 41.9 Å². The molecule has 0 saturated heterocycles. The maximum atomic E-state index is 11.7. The molecule has 0 aromatic carbocycles. The van der Waals surface area contributed by atoms with E-state index in [1.807, 2.05) is 25.3 Å². The molecule has 1 aliphatic rings. The summed E-state index contributed by atoms with van der Waals surface area (Å²) in [4.78, 5) is 6.45. The average molecular weight is 338 g/mol. The maximum absolute atomic E-state index is 11.7. The number of furan rings is 1. The number of aromatic nitrogens is 2. The summed E-state index contributed by atoms with van der Waals surface area (Å²) in [7, 11) is -3.20. The minimum atomic E-state index is -3.20. The van der Waals surface area contributed by atoms with Gasteiger partial charge in [-0.25, -0.2) is 18.1 Å². The predicted octanol–water partition coefficient (Wildman–Crippen LogP) is 1.28. The van der Waals surface area contributed by atoms with Crippen LogP contribution in [0.15, 0.2) is 29.1 Å². The standard InChI is InChI=1S/C15H22N4O3S/c1-3-23(20,21)17-7-14-9-18(8-13-6-16-11-19(13)14)10-15-5-4-12(2)22-15/h4-6,11,14,17H,3,7-10H2,1-2H3. The summed E-state index contributed by atoms with van der Waals surface area (Å²) in [5.41, 5.74) is 1.08. The minimum absolute atomic E-state index is 0.0265. The van der Waals surface area contributed by atoms with Crippen molar-refractivity contribution < 1.29 is 12.8 Å². The van der Waals surface area contributed by atoms with Gasteiger partial charge in [0.15, 0.2) is 0 Å². The number of nitrogens with zero attached hydrogens (tertiary/aromatic N) is 3. The number of aryl methyl sites for hydroxylation is 1. The third kappa shape index (κ3) is 3.82. The van der Waals surface area contributed by atoms with E-state index in [0.29, 0.717) is 13.1 Å². The van der Waals surface area contributed by atoms with Gasteiger partial charge in [-0.15, -0.1) is 0 Å². The second kappa shape index (κ2) is 6.46. The van der Waals surface area contributed by atoms with E-state index in [1.54, 1.807) is 13.3 Å². The van der Waals surface area contributed by atoms with E-state index >= 15 is 0 Å². The Morgan fingerprint density at radius 2 is 2.26 bits per heavy atom. The number of rotatable bonds is 6. The zero-order valence-corrected chi connectivity index (χ0v) is 14.2. The number of hydrogen-bond acceptors (Lipinski definition) is 5.